The molecule has 0 bridgehead atoms. The molecule has 1 N–H and O–H groups in total. The number of benzene rings is 2. The lowest BCUT2D eigenvalue weighted by atomic mass is 10.00. The zero-order valence-electron chi connectivity index (χ0n) is 9.32. The van der Waals surface area contributed by atoms with E-state index in [4.69, 9.17) is 0 Å². The van der Waals surface area contributed by atoms with Crippen LogP contribution in [0.25, 0.3) is 0 Å². The van der Waals surface area contributed by atoms with Gasteiger partial charge in [0.1, 0.15) is 11.9 Å². The molecule has 0 heterocycles. The zero-order valence-corrected chi connectivity index (χ0v) is 11.5. The summed E-state index contributed by atoms with van der Waals surface area (Å²) in [7, 11) is 0. The van der Waals surface area contributed by atoms with Crippen molar-refractivity contribution in [2.45, 2.75) is 13.0 Å². The summed E-state index contributed by atoms with van der Waals surface area (Å²) in [5.41, 5.74) is 2.17. The van der Waals surface area contributed by atoms with Gasteiger partial charge in [0.15, 0.2) is 0 Å². The molecule has 88 valence electrons. The van der Waals surface area contributed by atoms with Gasteiger partial charge in [-0.05, 0) is 70.5 Å². The Labute approximate surface area is 113 Å². The van der Waals surface area contributed by atoms with Crippen LogP contribution < -0.4 is 0 Å². The Morgan fingerprint density at radius 2 is 1.71 bits per heavy atom. The molecule has 2 rings (SSSR count). The van der Waals surface area contributed by atoms with E-state index in [0.717, 1.165) is 14.7 Å². The second-order valence-corrected chi connectivity index (χ2v) is 5.26. The van der Waals surface area contributed by atoms with Crippen LogP contribution in [0.4, 0.5) is 4.39 Å². The van der Waals surface area contributed by atoms with Crippen molar-refractivity contribution in [2.75, 3.05) is 0 Å². The van der Waals surface area contributed by atoms with E-state index in [1.165, 1.54) is 12.1 Å². The molecule has 0 amide bonds. The van der Waals surface area contributed by atoms with Gasteiger partial charge in [-0.2, -0.15) is 0 Å². The molecule has 1 unspecified atom stereocenters. The number of hydrogen-bond donors (Lipinski definition) is 1. The molecule has 0 radical (unpaired) electrons. The van der Waals surface area contributed by atoms with Crippen LogP contribution in [0.2, 0.25) is 0 Å². The third-order valence-electron chi connectivity index (χ3n) is 2.57. The van der Waals surface area contributed by atoms with Crippen molar-refractivity contribution in [3.8, 4) is 0 Å². The minimum atomic E-state index is -0.776. The van der Waals surface area contributed by atoms with Gasteiger partial charge in [0.05, 0.1) is 0 Å². The summed E-state index contributed by atoms with van der Waals surface area (Å²) in [6.45, 7) is 1.81. The molecule has 0 saturated carbocycles. The molecule has 0 spiro atoms. The molecule has 17 heavy (non-hydrogen) atoms. The second-order valence-electron chi connectivity index (χ2n) is 4.02. The van der Waals surface area contributed by atoms with Crippen LogP contribution in [0, 0.1) is 16.3 Å². The summed E-state index contributed by atoms with van der Waals surface area (Å²) in [5, 5.41) is 10.2. The molecule has 0 aromatic heterocycles. The average Bonchev–Trinajstić information content (AvgIpc) is 2.28. The van der Waals surface area contributed by atoms with Crippen molar-refractivity contribution in [1.82, 2.24) is 0 Å². The van der Waals surface area contributed by atoms with E-state index in [1.54, 1.807) is 6.07 Å². The molecular weight excluding hydrogens is 330 g/mol. The summed E-state index contributed by atoms with van der Waals surface area (Å²) < 4.78 is 14.4. The van der Waals surface area contributed by atoms with Crippen molar-refractivity contribution in [2.24, 2.45) is 0 Å². The fraction of sp³-hybridized carbons (Fsp3) is 0.143. The molecule has 0 aliphatic carbocycles. The van der Waals surface area contributed by atoms with Gasteiger partial charge < -0.3 is 5.11 Å². The fourth-order valence-corrected chi connectivity index (χ4v) is 2.12. The SMILES string of the molecule is Cc1cc(F)cc(C(O)c2ccc(I)cc2)c1. The number of rotatable bonds is 2. The quantitative estimate of drug-likeness (QED) is 0.823. The number of halogens is 2. The highest BCUT2D eigenvalue weighted by atomic mass is 127. The fourth-order valence-electron chi connectivity index (χ4n) is 1.76. The molecule has 0 saturated heterocycles. The van der Waals surface area contributed by atoms with Crippen molar-refractivity contribution < 1.29 is 9.50 Å². The Bertz CT molecular complexity index is 502. The van der Waals surface area contributed by atoms with Gasteiger partial charge in [-0.1, -0.05) is 18.2 Å². The van der Waals surface area contributed by atoms with E-state index in [9.17, 15) is 9.50 Å². The molecule has 0 fully saturated rings. The smallest absolute Gasteiger partial charge is 0.123 e. The number of aliphatic hydroxyl groups is 1. The van der Waals surface area contributed by atoms with Crippen LogP contribution in [0.3, 0.4) is 0 Å². The van der Waals surface area contributed by atoms with Gasteiger partial charge in [0.25, 0.3) is 0 Å². The maximum atomic E-state index is 13.3. The minimum Gasteiger partial charge on any atom is -0.384 e. The number of hydrogen-bond acceptors (Lipinski definition) is 1. The summed E-state index contributed by atoms with van der Waals surface area (Å²) in [6, 6.07) is 12.2. The topological polar surface area (TPSA) is 20.2 Å². The van der Waals surface area contributed by atoms with Crippen LogP contribution in [0.1, 0.15) is 22.8 Å². The molecule has 3 heteroatoms. The zero-order chi connectivity index (χ0) is 12.4. The predicted octanol–water partition coefficient (Wildman–Crippen LogP) is 3.82. The van der Waals surface area contributed by atoms with Crippen LogP contribution in [-0.2, 0) is 0 Å². The summed E-state index contributed by atoms with van der Waals surface area (Å²) >= 11 is 2.20. The van der Waals surface area contributed by atoms with Gasteiger partial charge in [-0.15, -0.1) is 0 Å². The molecule has 2 aromatic rings. The van der Waals surface area contributed by atoms with Crippen molar-refractivity contribution in [1.29, 1.82) is 0 Å². The standard InChI is InChI=1S/C14H12FIO/c1-9-6-11(8-12(15)7-9)14(17)10-2-4-13(16)5-3-10/h2-8,14,17H,1H3. The second kappa shape index (κ2) is 5.14. The predicted molar refractivity (Wildman–Crippen MR) is 74.4 cm³/mol. The van der Waals surface area contributed by atoms with Gasteiger partial charge in [-0.3, -0.25) is 0 Å². The Balaban J connectivity index is 2.36. The molecule has 0 aliphatic rings. The first-order chi connectivity index (χ1) is 8.06. The van der Waals surface area contributed by atoms with Crippen molar-refractivity contribution in [3.05, 3.63) is 68.5 Å². The lowest BCUT2D eigenvalue weighted by Gasteiger charge is -2.12. The Hall–Kier alpha value is -0.940. The Kier molecular flexibility index (Phi) is 3.79. The van der Waals surface area contributed by atoms with E-state index in [-0.39, 0.29) is 5.82 Å². The first kappa shape index (κ1) is 12.5. The Morgan fingerprint density at radius 3 is 2.29 bits per heavy atom. The number of aliphatic hydroxyl groups excluding tert-OH is 1. The summed E-state index contributed by atoms with van der Waals surface area (Å²) in [6.07, 6.45) is -0.776. The molecule has 1 atom stereocenters. The molecular formula is C14H12FIO. The van der Waals surface area contributed by atoms with Gasteiger partial charge in [0, 0.05) is 3.57 Å². The van der Waals surface area contributed by atoms with E-state index < -0.39 is 6.10 Å². The van der Waals surface area contributed by atoms with E-state index in [1.807, 2.05) is 31.2 Å². The van der Waals surface area contributed by atoms with Gasteiger partial charge in [-0.25, -0.2) is 4.39 Å². The molecule has 1 nitrogen and oxygen atoms in total. The maximum Gasteiger partial charge on any atom is 0.123 e. The maximum absolute atomic E-state index is 13.3. The van der Waals surface area contributed by atoms with E-state index >= 15 is 0 Å². The van der Waals surface area contributed by atoms with Crippen LogP contribution in [0.15, 0.2) is 42.5 Å². The number of aryl methyl sites for hydroxylation is 1. The monoisotopic (exact) mass is 342 g/mol. The highest BCUT2D eigenvalue weighted by Crippen LogP contribution is 2.24. The lowest BCUT2D eigenvalue weighted by Crippen LogP contribution is -2.00. The van der Waals surface area contributed by atoms with Crippen LogP contribution in [-0.4, -0.2) is 5.11 Å². The van der Waals surface area contributed by atoms with Crippen molar-refractivity contribution in [3.63, 3.8) is 0 Å². The van der Waals surface area contributed by atoms with Gasteiger partial charge in [0.2, 0.25) is 0 Å². The summed E-state index contributed by atoms with van der Waals surface area (Å²) in [4.78, 5) is 0. The normalized spacial score (nSPS) is 12.5. The minimum absolute atomic E-state index is 0.315. The van der Waals surface area contributed by atoms with Crippen LogP contribution in [0.5, 0.6) is 0 Å². The van der Waals surface area contributed by atoms with E-state index in [0.29, 0.717) is 5.56 Å². The molecule has 0 aliphatic heterocycles. The highest BCUT2D eigenvalue weighted by Gasteiger charge is 2.11. The first-order valence-electron chi connectivity index (χ1n) is 5.27. The van der Waals surface area contributed by atoms with Gasteiger partial charge >= 0.3 is 0 Å². The third kappa shape index (κ3) is 3.04. The first-order valence-corrected chi connectivity index (χ1v) is 6.35. The highest BCUT2D eigenvalue weighted by molar-refractivity contribution is 14.1. The summed E-state index contributed by atoms with van der Waals surface area (Å²) in [5.74, 6) is -0.315. The van der Waals surface area contributed by atoms with Crippen molar-refractivity contribution >= 4 is 22.6 Å². The van der Waals surface area contributed by atoms with E-state index in [2.05, 4.69) is 22.6 Å². The lowest BCUT2D eigenvalue weighted by molar-refractivity contribution is 0.219. The third-order valence-corrected chi connectivity index (χ3v) is 3.29. The largest absolute Gasteiger partial charge is 0.384 e. The van der Waals surface area contributed by atoms with Crippen LogP contribution >= 0.6 is 22.6 Å². The average molecular weight is 342 g/mol. The Morgan fingerprint density at radius 1 is 1.06 bits per heavy atom. The molecule has 2 aromatic carbocycles.